The number of halogens is 1. The van der Waals surface area contributed by atoms with E-state index in [0.29, 0.717) is 28.5 Å². The molecule has 0 aliphatic carbocycles. The summed E-state index contributed by atoms with van der Waals surface area (Å²) in [6.07, 6.45) is 0. The van der Waals surface area contributed by atoms with Crippen LogP contribution in [0.2, 0.25) is 5.02 Å². The number of carbonyl (C=O) groups is 2. The van der Waals surface area contributed by atoms with Gasteiger partial charge in [0.25, 0.3) is 0 Å². The maximum Gasteiger partial charge on any atom is 0.248 e. The Labute approximate surface area is 170 Å². The molecule has 28 heavy (non-hydrogen) atoms. The molecule has 1 heterocycles. The van der Waals surface area contributed by atoms with Crippen LogP contribution < -0.4 is 11.1 Å². The predicted molar refractivity (Wildman–Crippen MR) is 107 cm³/mol. The first kappa shape index (κ1) is 19.8. The van der Waals surface area contributed by atoms with Gasteiger partial charge in [-0.2, -0.15) is 4.80 Å². The minimum absolute atomic E-state index is 0.0298. The summed E-state index contributed by atoms with van der Waals surface area (Å²) < 4.78 is 0. The molecule has 8 nitrogen and oxygen atoms in total. The Morgan fingerprint density at radius 1 is 1.11 bits per heavy atom. The number of thioether (sulfide) groups is 1. The molecular formula is C18H17ClN6O2S. The number of nitrogens with zero attached hydrogens (tertiary/aromatic N) is 4. The highest BCUT2D eigenvalue weighted by Gasteiger charge is 2.10. The Morgan fingerprint density at radius 2 is 1.82 bits per heavy atom. The Kier molecular flexibility index (Phi) is 6.62. The number of tetrazole rings is 1. The molecule has 0 radical (unpaired) electrons. The summed E-state index contributed by atoms with van der Waals surface area (Å²) in [7, 11) is 0. The van der Waals surface area contributed by atoms with E-state index < -0.39 is 5.91 Å². The molecular weight excluding hydrogens is 400 g/mol. The number of nitrogens with one attached hydrogen (secondary N) is 1. The van der Waals surface area contributed by atoms with Crippen LogP contribution in [0.25, 0.3) is 11.4 Å². The monoisotopic (exact) mass is 416 g/mol. The van der Waals surface area contributed by atoms with Crippen LogP contribution in [0.4, 0.5) is 0 Å². The van der Waals surface area contributed by atoms with E-state index in [1.54, 1.807) is 36.0 Å². The second-order valence-electron chi connectivity index (χ2n) is 5.74. The molecule has 0 atom stereocenters. The van der Waals surface area contributed by atoms with Gasteiger partial charge in [-0.15, -0.1) is 22.0 Å². The molecule has 0 unspecified atom stereocenters. The van der Waals surface area contributed by atoms with E-state index in [4.69, 9.17) is 17.3 Å². The summed E-state index contributed by atoms with van der Waals surface area (Å²) in [5.74, 6) is 0.385. The number of nitrogens with two attached hydrogens (primary N) is 1. The lowest BCUT2D eigenvalue weighted by atomic mass is 10.1. The topological polar surface area (TPSA) is 116 Å². The standard InChI is InChI=1S/C18H17ClN6O2S/c19-14-5-7-15(8-6-14)28-10-9-21-16(26)11-25-23-18(22-24-25)13-3-1-12(2-4-13)17(20)27/h1-8H,9-11H2,(H2,20,27)(H,21,26). The summed E-state index contributed by atoms with van der Waals surface area (Å²) >= 11 is 7.47. The molecule has 2 amide bonds. The van der Waals surface area contributed by atoms with Crippen LogP contribution in [0.15, 0.2) is 53.4 Å². The summed E-state index contributed by atoms with van der Waals surface area (Å²) in [5.41, 5.74) is 6.28. The van der Waals surface area contributed by atoms with Crippen LogP contribution >= 0.6 is 23.4 Å². The molecule has 0 spiro atoms. The van der Waals surface area contributed by atoms with E-state index >= 15 is 0 Å². The molecule has 0 bridgehead atoms. The number of rotatable bonds is 8. The van der Waals surface area contributed by atoms with Gasteiger partial charge in [-0.3, -0.25) is 9.59 Å². The molecule has 0 saturated heterocycles. The van der Waals surface area contributed by atoms with Gasteiger partial charge in [-0.25, -0.2) is 0 Å². The fourth-order valence-electron chi connectivity index (χ4n) is 2.28. The molecule has 144 valence electrons. The van der Waals surface area contributed by atoms with Gasteiger partial charge in [-0.1, -0.05) is 23.7 Å². The predicted octanol–water partition coefficient (Wildman–Crippen LogP) is 2.00. The first-order valence-corrected chi connectivity index (χ1v) is 9.71. The summed E-state index contributed by atoms with van der Waals surface area (Å²) in [5, 5.41) is 15.5. The molecule has 3 aromatic rings. The van der Waals surface area contributed by atoms with Gasteiger partial charge in [0.15, 0.2) is 0 Å². The molecule has 0 saturated carbocycles. The van der Waals surface area contributed by atoms with Gasteiger partial charge in [0, 0.05) is 33.3 Å². The minimum Gasteiger partial charge on any atom is -0.366 e. The molecule has 0 aliphatic rings. The van der Waals surface area contributed by atoms with Gasteiger partial charge in [0.2, 0.25) is 17.6 Å². The highest BCUT2D eigenvalue weighted by Crippen LogP contribution is 2.19. The van der Waals surface area contributed by atoms with Crippen molar-refractivity contribution in [1.29, 1.82) is 0 Å². The lowest BCUT2D eigenvalue weighted by Gasteiger charge is -2.04. The third kappa shape index (κ3) is 5.54. The third-order valence-corrected chi connectivity index (χ3v) is 4.94. The zero-order valence-corrected chi connectivity index (χ0v) is 16.3. The lowest BCUT2D eigenvalue weighted by molar-refractivity contribution is -0.121. The molecule has 1 aromatic heterocycles. The number of benzene rings is 2. The summed E-state index contributed by atoms with van der Waals surface area (Å²) in [6, 6.07) is 14.1. The van der Waals surface area contributed by atoms with Crippen molar-refractivity contribution in [2.75, 3.05) is 12.3 Å². The quantitative estimate of drug-likeness (QED) is 0.428. The van der Waals surface area contributed by atoms with E-state index in [1.807, 2.05) is 24.3 Å². The van der Waals surface area contributed by atoms with Crippen molar-refractivity contribution in [2.24, 2.45) is 5.73 Å². The highest BCUT2D eigenvalue weighted by atomic mass is 35.5. The van der Waals surface area contributed by atoms with Crippen molar-refractivity contribution in [3.05, 3.63) is 59.1 Å². The van der Waals surface area contributed by atoms with Crippen LogP contribution in [-0.4, -0.2) is 44.3 Å². The van der Waals surface area contributed by atoms with Gasteiger partial charge in [0.1, 0.15) is 6.54 Å². The number of hydrogen-bond acceptors (Lipinski definition) is 6. The Balaban J connectivity index is 1.45. The van der Waals surface area contributed by atoms with E-state index in [9.17, 15) is 9.59 Å². The van der Waals surface area contributed by atoms with E-state index in [-0.39, 0.29) is 12.5 Å². The van der Waals surface area contributed by atoms with E-state index in [2.05, 4.69) is 20.7 Å². The first-order chi connectivity index (χ1) is 13.5. The van der Waals surface area contributed by atoms with Crippen LogP contribution in [0, 0.1) is 0 Å². The molecule has 10 heteroatoms. The second kappa shape index (κ2) is 9.34. The van der Waals surface area contributed by atoms with Gasteiger partial charge < -0.3 is 11.1 Å². The summed E-state index contributed by atoms with van der Waals surface area (Å²) in [4.78, 5) is 25.4. The Morgan fingerprint density at radius 3 is 2.50 bits per heavy atom. The maximum absolute atomic E-state index is 12.0. The SMILES string of the molecule is NC(=O)c1ccc(-c2nnn(CC(=O)NCCSc3ccc(Cl)cc3)n2)cc1. The van der Waals surface area contributed by atoms with Crippen LogP contribution in [0.5, 0.6) is 0 Å². The van der Waals surface area contributed by atoms with E-state index in [1.165, 1.54) is 4.80 Å². The highest BCUT2D eigenvalue weighted by molar-refractivity contribution is 7.99. The fourth-order valence-corrected chi connectivity index (χ4v) is 3.18. The molecule has 3 N–H and O–H groups in total. The second-order valence-corrected chi connectivity index (χ2v) is 7.34. The largest absolute Gasteiger partial charge is 0.366 e. The normalized spacial score (nSPS) is 10.6. The van der Waals surface area contributed by atoms with Crippen molar-refractivity contribution in [3.8, 4) is 11.4 Å². The summed E-state index contributed by atoms with van der Waals surface area (Å²) in [6.45, 7) is 0.486. The van der Waals surface area contributed by atoms with Crippen molar-refractivity contribution in [3.63, 3.8) is 0 Å². The van der Waals surface area contributed by atoms with Crippen molar-refractivity contribution < 1.29 is 9.59 Å². The smallest absolute Gasteiger partial charge is 0.248 e. The minimum atomic E-state index is -0.505. The zero-order chi connectivity index (χ0) is 19.9. The lowest BCUT2D eigenvalue weighted by Crippen LogP contribution is -2.30. The number of aromatic nitrogens is 4. The zero-order valence-electron chi connectivity index (χ0n) is 14.7. The van der Waals surface area contributed by atoms with Crippen LogP contribution in [-0.2, 0) is 11.3 Å². The number of primary amides is 1. The number of amides is 2. The molecule has 3 rings (SSSR count). The maximum atomic E-state index is 12.0. The fraction of sp³-hybridized carbons (Fsp3) is 0.167. The average Bonchev–Trinajstić information content (AvgIpc) is 3.15. The van der Waals surface area contributed by atoms with Gasteiger partial charge >= 0.3 is 0 Å². The van der Waals surface area contributed by atoms with Crippen molar-refractivity contribution in [2.45, 2.75) is 11.4 Å². The van der Waals surface area contributed by atoms with Gasteiger partial charge in [-0.05, 0) is 41.6 Å². The van der Waals surface area contributed by atoms with E-state index in [0.717, 1.165) is 10.6 Å². The van der Waals surface area contributed by atoms with Crippen LogP contribution in [0.3, 0.4) is 0 Å². The Bertz CT molecular complexity index is 959. The molecule has 2 aromatic carbocycles. The number of carbonyl (C=O) groups excluding carboxylic acids is 2. The Hall–Kier alpha value is -2.91. The molecule has 0 aliphatic heterocycles. The van der Waals surface area contributed by atoms with Crippen molar-refractivity contribution in [1.82, 2.24) is 25.5 Å². The van der Waals surface area contributed by atoms with Crippen molar-refractivity contribution >= 4 is 35.2 Å². The first-order valence-electron chi connectivity index (χ1n) is 8.34. The average molecular weight is 417 g/mol. The van der Waals surface area contributed by atoms with Crippen LogP contribution in [0.1, 0.15) is 10.4 Å². The van der Waals surface area contributed by atoms with Gasteiger partial charge in [0.05, 0.1) is 0 Å². The molecule has 0 fully saturated rings. The number of hydrogen-bond donors (Lipinski definition) is 2. The third-order valence-electron chi connectivity index (χ3n) is 3.67.